The molecule has 1 fully saturated rings. The summed E-state index contributed by atoms with van der Waals surface area (Å²) < 4.78 is 1.95. The number of aryl methyl sites for hydroxylation is 2. The number of guanidine groups is 1. The summed E-state index contributed by atoms with van der Waals surface area (Å²) >= 11 is 0. The number of likely N-dealkylation sites (N-methyl/N-ethyl adjacent to an activating group) is 1. The molecule has 0 saturated carbocycles. The van der Waals surface area contributed by atoms with Crippen molar-refractivity contribution < 1.29 is 0 Å². The minimum absolute atomic E-state index is 0.247. The second kappa shape index (κ2) is 10.6. The second-order valence-electron chi connectivity index (χ2n) is 8.53. The lowest BCUT2D eigenvalue weighted by Gasteiger charge is -2.33. The summed E-state index contributed by atoms with van der Waals surface area (Å²) in [5.41, 5.74) is 4.74. The van der Waals surface area contributed by atoms with Gasteiger partial charge in [0.2, 0.25) is 0 Å². The van der Waals surface area contributed by atoms with Gasteiger partial charge in [-0.1, -0.05) is 6.07 Å². The molecular weight excluding hydrogens is 388 g/mol. The molecule has 1 aliphatic rings. The van der Waals surface area contributed by atoms with E-state index in [-0.39, 0.29) is 6.04 Å². The fraction of sp³-hybridized carbons (Fsp3) is 0.609. The van der Waals surface area contributed by atoms with Gasteiger partial charge in [0.25, 0.3) is 0 Å². The monoisotopic (exact) mass is 426 g/mol. The van der Waals surface area contributed by atoms with Gasteiger partial charge in [0.15, 0.2) is 5.96 Å². The van der Waals surface area contributed by atoms with Gasteiger partial charge in [-0.3, -0.25) is 4.68 Å². The molecule has 2 aromatic heterocycles. The van der Waals surface area contributed by atoms with Crippen molar-refractivity contribution in [3.63, 3.8) is 0 Å². The average molecular weight is 427 g/mol. The molecule has 0 amide bonds. The van der Waals surface area contributed by atoms with E-state index in [1.807, 2.05) is 17.9 Å². The van der Waals surface area contributed by atoms with Gasteiger partial charge >= 0.3 is 0 Å². The molecule has 0 spiro atoms. The molecule has 8 heteroatoms. The van der Waals surface area contributed by atoms with Gasteiger partial charge < -0.3 is 20.4 Å². The van der Waals surface area contributed by atoms with Crippen LogP contribution in [0.3, 0.4) is 0 Å². The Labute approximate surface area is 186 Å². The fourth-order valence-electron chi connectivity index (χ4n) is 3.93. The van der Waals surface area contributed by atoms with Crippen molar-refractivity contribution in [2.24, 2.45) is 12.0 Å². The third kappa shape index (κ3) is 6.19. The standard InChI is InChI=1S/C23H38N8/c1-7-24-23(27-17(2)14-21-18(3)28-30(6)19(21)4)26-16-20-8-9-22(25-15-20)31-12-10-29(5)11-13-31/h8-9,15,17H,7,10-14,16H2,1-6H3,(H2,24,26,27). The quantitative estimate of drug-likeness (QED) is 0.520. The SMILES string of the molecule is CCNC(=NCc1ccc(N2CCN(C)CC2)nc1)NC(C)Cc1c(C)nn(C)c1C. The topological polar surface area (TPSA) is 73.6 Å². The van der Waals surface area contributed by atoms with E-state index in [2.05, 4.69) is 77.4 Å². The zero-order valence-corrected chi connectivity index (χ0v) is 19.9. The first-order valence-electron chi connectivity index (χ1n) is 11.3. The van der Waals surface area contributed by atoms with E-state index < -0.39 is 0 Å². The van der Waals surface area contributed by atoms with Crippen LogP contribution in [-0.2, 0) is 20.0 Å². The van der Waals surface area contributed by atoms with Crippen molar-refractivity contribution >= 4 is 11.8 Å². The molecule has 170 valence electrons. The molecule has 1 atom stereocenters. The molecule has 2 aromatic rings. The van der Waals surface area contributed by atoms with E-state index >= 15 is 0 Å². The van der Waals surface area contributed by atoms with Crippen molar-refractivity contribution in [2.75, 3.05) is 44.7 Å². The number of hydrogen-bond donors (Lipinski definition) is 2. The molecule has 3 heterocycles. The Bertz CT molecular complexity index is 862. The Kier molecular flexibility index (Phi) is 7.90. The normalized spacial score (nSPS) is 16.5. The van der Waals surface area contributed by atoms with Crippen LogP contribution in [0.4, 0.5) is 5.82 Å². The van der Waals surface area contributed by atoms with Crippen molar-refractivity contribution in [3.8, 4) is 0 Å². The first-order valence-corrected chi connectivity index (χ1v) is 11.3. The molecule has 1 saturated heterocycles. The van der Waals surface area contributed by atoms with E-state index in [1.54, 1.807) is 0 Å². The number of rotatable bonds is 7. The molecule has 0 radical (unpaired) electrons. The summed E-state index contributed by atoms with van der Waals surface area (Å²) in [7, 11) is 4.17. The van der Waals surface area contributed by atoms with E-state index in [9.17, 15) is 0 Å². The molecule has 0 bridgehead atoms. The zero-order chi connectivity index (χ0) is 22.4. The Morgan fingerprint density at radius 1 is 1.16 bits per heavy atom. The van der Waals surface area contributed by atoms with Gasteiger partial charge in [-0.2, -0.15) is 5.10 Å². The van der Waals surface area contributed by atoms with E-state index in [0.29, 0.717) is 6.54 Å². The van der Waals surface area contributed by atoms with Crippen LogP contribution in [-0.4, -0.2) is 71.4 Å². The molecule has 31 heavy (non-hydrogen) atoms. The van der Waals surface area contributed by atoms with Crippen LogP contribution in [0.1, 0.15) is 36.4 Å². The first-order chi connectivity index (χ1) is 14.9. The smallest absolute Gasteiger partial charge is 0.191 e. The highest BCUT2D eigenvalue weighted by Gasteiger charge is 2.16. The van der Waals surface area contributed by atoms with Gasteiger partial charge in [0.1, 0.15) is 5.82 Å². The molecule has 2 N–H and O–H groups in total. The van der Waals surface area contributed by atoms with Crippen molar-refractivity contribution in [1.29, 1.82) is 0 Å². The number of nitrogens with zero attached hydrogens (tertiary/aromatic N) is 6. The Morgan fingerprint density at radius 3 is 2.48 bits per heavy atom. The lowest BCUT2D eigenvalue weighted by molar-refractivity contribution is 0.312. The van der Waals surface area contributed by atoms with E-state index in [4.69, 9.17) is 4.99 Å². The third-order valence-electron chi connectivity index (χ3n) is 5.95. The summed E-state index contributed by atoms with van der Waals surface area (Å²) in [6.07, 6.45) is 2.86. The molecule has 0 aliphatic carbocycles. The summed E-state index contributed by atoms with van der Waals surface area (Å²) in [5, 5.41) is 11.4. The maximum Gasteiger partial charge on any atom is 0.191 e. The van der Waals surface area contributed by atoms with Crippen molar-refractivity contribution in [3.05, 3.63) is 40.8 Å². The number of hydrogen-bond acceptors (Lipinski definition) is 5. The number of anilines is 1. The van der Waals surface area contributed by atoms with Crippen LogP contribution in [0.2, 0.25) is 0 Å². The molecular formula is C23H38N8. The fourth-order valence-corrected chi connectivity index (χ4v) is 3.93. The number of aliphatic imine (C=N–C) groups is 1. The molecule has 1 aliphatic heterocycles. The third-order valence-corrected chi connectivity index (χ3v) is 5.95. The van der Waals surface area contributed by atoms with Crippen LogP contribution in [0.25, 0.3) is 0 Å². The van der Waals surface area contributed by atoms with Gasteiger partial charge in [-0.05, 0) is 58.4 Å². The summed E-state index contributed by atoms with van der Waals surface area (Å²) in [5.74, 6) is 1.89. The van der Waals surface area contributed by atoms with Gasteiger partial charge in [-0.15, -0.1) is 0 Å². The predicted molar refractivity (Wildman–Crippen MR) is 128 cm³/mol. The predicted octanol–water partition coefficient (Wildman–Crippen LogP) is 1.87. The number of piperazine rings is 1. The lowest BCUT2D eigenvalue weighted by atomic mass is 10.1. The van der Waals surface area contributed by atoms with Crippen LogP contribution >= 0.6 is 0 Å². The van der Waals surface area contributed by atoms with Crippen molar-refractivity contribution in [1.82, 2.24) is 30.3 Å². The van der Waals surface area contributed by atoms with Crippen molar-refractivity contribution in [2.45, 2.75) is 46.7 Å². The lowest BCUT2D eigenvalue weighted by Crippen LogP contribution is -2.44. The van der Waals surface area contributed by atoms with Gasteiger partial charge in [0.05, 0.1) is 12.2 Å². The van der Waals surface area contributed by atoms with Gasteiger partial charge in [0, 0.05) is 57.7 Å². The molecule has 0 aromatic carbocycles. The van der Waals surface area contributed by atoms with Crippen LogP contribution in [0, 0.1) is 13.8 Å². The van der Waals surface area contributed by atoms with E-state index in [0.717, 1.165) is 62.2 Å². The highest BCUT2D eigenvalue weighted by molar-refractivity contribution is 5.80. The molecule has 8 nitrogen and oxygen atoms in total. The number of pyridine rings is 1. The summed E-state index contributed by atoms with van der Waals surface area (Å²) in [4.78, 5) is 14.2. The van der Waals surface area contributed by atoms with Crippen LogP contribution in [0.15, 0.2) is 23.3 Å². The highest BCUT2D eigenvalue weighted by Crippen LogP contribution is 2.15. The second-order valence-corrected chi connectivity index (χ2v) is 8.53. The average Bonchev–Trinajstić information content (AvgIpc) is 2.99. The van der Waals surface area contributed by atoms with Gasteiger partial charge in [-0.25, -0.2) is 9.98 Å². The Morgan fingerprint density at radius 2 is 1.90 bits per heavy atom. The minimum atomic E-state index is 0.247. The zero-order valence-electron chi connectivity index (χ0n) is 19.9. The Hall–Kier alpha value is -2.61. The first kappa shape index (κ1) is 23.1. The largest absolute Gasteiger partial charge is 0.357 e. The summed E-state index contributed by atoms with van der Waals surface area (Å²) in [6.45, 7) is 14.1. The summed E-state index contributed by atoms with van der Waals surface area (Å²) in [6, 6.07) is 4.50. The number of nitrogens with one attached hydrogen (secondary N) is 2. The number of aromatic nitrogens is 3. The van der Waals surface area contributed by atoms with Crippen LogP contribution < -0.4 is 15.5 Å². The van der Waals surface area contributed by atoms with E-state index in [1.165, 1.54) is 11.3 Å². The minimum Gasteiger partial charge on any atom is -0.357 e. The maximum atomic E-state index is 4.78. The van der Waals surface area contributed by atoms with Crippen LogP contribution in [0.5, 0.6) is 0 Å². The maximum absolute atomic E-state index is 4.78. The highest BCUT2D eigenvalue weighted by atomic mass is 15.3. The Balaban J connectivity index is 1.58. The molecule has 1 unspecified atom stereocenters. The molecule has 3 rings (SSSR count).